The van der Waals surface area contributed by atoms with Gasteiger partial charge < -0.3 is 5.11 Å². The van der Waals surface area contributed by atoms with Gasteiger partial charge >= 0.3 is 0 Å². The van der Waals surface area contributed by atoms with Crippen molar-refractivity contribution in [3.63, 3.8) is 0 Å². The molecule has 0 radical (unpaired) electrons. The molecule has 0 aromatic carbocycles. The summed E-state index contributed by atoms with van der Waals surface area (Å²) in [7, 11) is 0. The number of nitriles is 1. The van der Waals surface area contributed by atoms with Crippen LogP contribution in [0.25, 0.3) is 0 Å². The molecule has 0 unspecified atom stereocenters. The van der Waals surface area contributed by atoms with Gasteiger partial charge in [0.1, 0.15) is 0 Å². The molecule has 1 rings (SSSR count). The van der Waals surface area contributed by atoms with Gasteiger partial charge in [0.25, 0.3) is 0 Å². The Labute approximate surface area is 93.3 Å². The van der Waals surface area contributed by atoms with Gasteiger partial charge in [0.15, 0.2) is 0 Å². The van der Waals surface area contributed by atoms with Gasteiger partial charge in [-0.15, -0.1) is 0 Å². The molecule has 0 bridgehead atoms. The summed E-state index contributed by atoms with van der Waals surface area (Å²) in [4.78, 5) is 0. The Morgan fingerprint density at radius 3 is 2.67 bits per heavy atom. The fourth-order valence-electron chi connectivity index (χ4n) is 2.74. The highest BCUT2D eigenvalue weighted by Gasteiger charge is 2.39. The second-order valence-corrected chi connectivity index (χ2v) is 5.61. The first-order chi connectivity index (χ1) is 6.99. The van der Waals surface area contributed by atoms with Gasteiger partial charge in [-0.05, 0) is 42.9 Å². The van der Waals surface area contributed by atoms with Crippen LogP contribution in [0.5, 0.6) is 0 Å². The number of hydrogen-bond donors (Lipinski definition) is 1. The molecule has 2 nitrogen and oxygen atoms in total. The fraction of sp³-hybridized carbons (Fsp3) is 0.923. The van der Waals surface area contributed by atoms with E-state index >= 15 is 0 Å². The maximum atomic E-state index is 10.0. The molecule has 1 aliphatic rings. The second-order valence-electron chi connectivity index (χ2n) is 5.61. The monoisotopic (exact) mass is 209 g/mol. The highest BCUT2D eigenvalue weighted by molar-refractivity contribution is 4.92. The van der Waals surface area contributed by atoms with Gasteiger partial charge in [-0.1, -0.05) is 20.8 Å². The Morgan fingerprint density at radius 1 is 1.47 bits per heavy atom. The zero-order chi connectivity index (χ0) is 11.5. The molecule has 1 aliphatic carbocycles. The van der Waals surface area contributed by atoms with Crippen LogP contribution in [0, 0.1) is 28.6 Å². The molecule has 0 amide bonds. The van der Waals surface area contributed by atoms with Crippen molar-refractivity contribution in [3.05, 3.63) is 0 Å². The van der Waals surface area contributed by atoms with Crippen LogP contribution in [0.1, 0.15) is 52.9 Å². The minimum atomic E-state index is -0.208. The fourth-order valence-corrected chi connectivity index (χ4v) is 2.74. The Balaban J connectivity index is 2.63. The quantitative estimate of drug-likeness (QED) is 0.776. The van der Waals surface area contributed by atoms with Crippen LogP contribution < -0.4 is 0 Å². The summed E-state index contributed by atoms with van der Waals surface area (Å²) >= 11 is 0. The molecule has 0 aliphatic heterocycles. The lowest BCUT2D eigenvalue weighted by molar-refractivity contribution is -0.0323. The molecule has 0 aromatic rings. The largest absolute Gasteiger partial charge is 0.393 e. The molecule has 1 fully saturated rings. The third kappa shape index (κ3) is 2.95. The van der Waals surface area contributed by atoms with Crippen molar-refractivity contribution in [2.45, 2.75) is 59.0 Å². The molecule has 3 atom stereocenters. The van der Waals surface area contributed by atoms with E-state index in [-0.39, 0.29) is 11.5 Å². The summed E-state index contributed by atoms with van der Waals surface area (Å²) in [5.41, 5.74) is -0.0249. The Morgan fingerprint density at radius 2 is 2.13 bits per heavy atom. The summed E-state index contributed by atoms with van der Waals surface area (Å²) in [5, 5.41) is 18.7. The standard InChI is InChI=1S/C13H23NO/c1-10(2)11-5-6-12(15)13(3,9-11)7-4-8-14/h10-12,15H,4-7,9H2,1-3H3/t11-,12-,13+/m0/s1. The van der Waals surface area contributed by atoms with E-state index in [0.717, 1.165) is 31.6 Å². The van der Waals surface area contributed by atoms with Crippen LogP contribution in [0.2, 0.25) is 0 Å². The third-order valence-corrected chi connectivity index (χ3v) is 4.09. The van der Waals surface area contributed by atoms with Crippen LogP contribution in [0.4, 0.5) is 0 Å². The van der Waals surface area contributed by atoms with Crippen molar-refractivity contribution < 1.29 is 5.11 Å². The van der Waals surface area contributed by atoms with Crippen molar-refractivity contribution in [1.82, 2.24) is 0 Å². The highest BCUT2D eigenvalue weighted by Crippen LogP contribution is 2.44. The minimum absolute atomic E-state index is 0.0249. The van der Waals surface area contributed by atoms with Crippen molar-refractivity contribution in [1.29, 1.82) is 5.26 Å². The van der Waals surface area contributed by atoms with Gasteiger partial charge in [0, 0.05) is 6.42 Å². The first kappa shape index (κ1) is 12.5. The maximum Gasteiger partial charge on any atom is 0.0621 e. The Kier molecular flexibility index (Phi) is 4.16. The topological polar surface area (TPSA) is 44.0 Å². The van der Waals surface area contributed by atoms with Crippen LogP contribution in [-0.2, 0) is 0 Å². The Bertz CT molecular complexity index is 243. The summed E-state index contributed by atoms with van der Waals surface area (Å²) in [6.45, 7) is 6.66. The number of nitrogens with zero attached hydrogens (tertiary/aromatic N) is 1. The van der Waals surface area contributed by atoms with E-state index in [4.69, 9.17) is 5.26 Å². The van der Waals surface area contributed by atoms with Crippen LogP contribution in [0.3, 0.4) is 0 Å². The summed E-state index contributed by atoms with van der Waals surface area (Å²) in [6.07, 6.45) is 4.33. The molecule has 0 saturated heterocycles. The predicted molar refractivity (Wildman–Crippen MR) is 61.1 cm³/mol. The number of rotatable bonds is 3. The van der Waals surface area contributed by atoms with Gasteiger partial charge in [-0.2, -0.15) is 5.26 Å². The highest BCUT2D eigenvalue weighted by atomic mass is 16.3. The smallest absolute Gasteiger partial charge is 0.0621 e. The zero-order valence-corrected chi connectivity index (χ0v) is 10.2. The van der Waals surface area contributed by atoms with Crippen molar-refractivity contribution >= 4 is 0 Å². The minimum Gasteiger partial charge on any atom is -0.393 e. The average molecular weight is 209 g/mol. The van der Waals surface area contributed by atoms with Crippen molar-refractivity contribution in [2.75, 3.05) is 0 Å². The molecule has 0 spiro atoms. The molecule has 2 heteroatoms. The van der Waals surface area contributed by atoms with Crippen molar-refractivity contribution in [2.24, 2.45) is 17.3 Å². The van der Waals surface area contributed by atoms with Crippen LogP contribution in [-0.4, -0.2) is 11.2 Å². The van der Waals surface area contributed by atoms with E-state index in [0.29, 0.717) is 12.3 Å². The molecule has 86 valence electrons. The molecule has 0 aromatic heterocycles. The van der Waals surface area contributed by atoms with Crippen LogP contribution in [0.15, 0.2) is 0 Å². The molecule has 15 heavy (non-hydrogen) atoms. The van der Waals surface area contributed by atoms with Gasteiger partial charge in [-0.25, -0.2) is 0 Å². The lowest BCUT2D eigenvalue weighted by Crippen LogP contribution is -2.40. The number of aliphatic hydroxyl groups excluding tert-OH is 1. The van der Waals surface area contributed by atoms with Gasteiger partial charge in [-0.3, -0.25) is 0 Å². The first-order valence-corrected chi connectivity index (χ1v) is 6.04. The van der Waals surface area contributed by atoms with Gasteiger partial charge in [0.2, 0.25) is 0 Å². The lowest BCUT2D eigenvalue weighted by Gasteiger charge is -2.43. The third-order valence-electron chi connectivity index (χ3n) is 4.09. The van der Waals surface area contributed by atoms with E-state index in [2.05, 4.69) is 26.8 Å². The number of aliphatic hydroxyl groups is 1. The predicted octanol–water partition coefficient (Wildman–Crippen LogP) is 3.11. The SMILES string of the molecule is CC(C)[C@H]1CC[C@H](O)[C@](C)(CCC#N)C1. The average Bonchev–Trinajstić information content (AvgIpc) is 2.19. The maximum absolute atomic E-state index is 10.0. The lowest BCUT2D eigenvalue weighted by atomic mass is 9.64. The molecule has 1 N–H and O–H groups in total. The molecule has 0 heterocycles. The van der Waals surface area contributed by atoms with Gasteiger partial charge in [0.05, 0.1) is 12.2 Å². The van der Waals surface area contributed by atoms with Crippen LogP contribution >= 0.6 is 0 Å². The normalized spacial score (nSPS) is 36.5. The molecular weight excluding hydrogens is 186 g/mol. The van der Waals surface area contributed by atoms with E-state index in [1.165, 1.54) is 0 Å². The Hall–Kier alpha value is -0.550. The van der Waals surface area contributed by atoms with E-state index in [1.54, 1.807) is 0 Å². The number of hydrogen-bond acceptors (Lipinski definition) is 2. The van der Waals surface area contributed by atoms with E-state index < -0.39 is 0 Å². The zero-order valence-electron chi connectivity index (χ0n) is 10.2. The molecule has 1 saturated carbocycles. The summed E-state index contributed by atoms with van der Waals surface area (Å²) in [6, 6.07) is 2.19. The summed E-state index contributed by atoms with van der Waals surface area (Å²) < 4.78 is 0. The second kappa shape index (κ2) is 4.99. The first-order valence-electron chi connectivity index (χ1n) is 6.04. The van der Waals surface area contributed by atoms with E-state index in [1.807, 2.05) is 0 Å². The summed E-state index contributed by atoms with van der Waals surface area (Å²) in [5.74, 6) is 1.41. The van der Waals surface area contributed by atoms with E-state index in [9.17, 15) is 5.11 Å². The van der Waals surface area contributed by atoms with Crippen molar-refractivity contribution in [3.8, 4) is 6.07 Å². The molecular formula is C13H23NO.